The summed E-state index contributed by atoms with van der Waals surface area (Å²) in [5.41, 5.74) is 3.99. The summed E-state index contributed by atoms with van der Waals surface area (Å²) >= 11 is 0. The van der Waals surface area contributed by atoms with Crippen LogP contribution in [0, 0.1) is 5.92 Å². The summed E-state index contributed by atoms with van der Waals surface area (Å²) in [7, 11) is 1.57. The summed E-state index contributed by atoms with van der Waals surface area (Å²) in [5.74, 6) is 0.345. The number of likely N-dealkylation sites (tertiary alicyclic amines) is 1. The van der Waals surface area contributed by atoms with Gasteiger partial charge in [-0.1, -0.05) is 12.1 Å². The van der Waals surface area contributed by atoms with E-state index in [0.29, 0.717) is 37.2 Å². The largest absolute Gasteiger partial charge is 0.497 e. The van der Waals surface area contributed by atoms with Crippen molar-refractivity contribution >= 4 is 18.0 Å². The highest BCUT2D eigenvalue weighted by Gasteiger charge is 2.27. The van der Waals surface area contributed by atoms with Crippen molar-refractivity contribution in [2.24, 2.45) is 11.0 Å². The number of rotatable bonds is 5. The van der Waals surface area contributed by atoms with Gasteiger partial charge in [-0.15, -0.1) is 0 Å². The number of aromatic nitrogens is 1. The second-order valence-corrected chi connectivity index (χ2v) is 6.32. The molecule has 1 aromatic carbocycles. The summed E-state index contributed by atoms with van der Waals surface area (Å²) in [4.78, 5) is 30.6. The van der Waals surface area contributed by atoms with Gasteiger partial charge in [-0.3, -0.25) is 14.6 Å². The van der Waals surface area contributed by atoms with Gasteiger partial charge in [-0.05, 0) is 37.1 Å². The van der Waals surface area contributed by atoms with Gasteiger partial charge in [-0.25, -0.2) is 5.43 Å². The summed E-state index contributed by atoms with van der Waals surface area (Å²) in [6.45, 7) is 1.08. The smallest absolute Gasteiger partial charge is 0.253 e. The highest BCUT2D eigenvalue weighted by Crippen LogP contribution is 2.21. The number of carbonyl (C=O) groups excluding carboxylic acids is 2. The number of amides is 2. The summed E-state index contributed by atoms with van der Waals surface area (Å²) in [6, 6.07) is 10.8. The Hall–Kier alpha value is -3.22. The molecule has 1 aliphatic rings. The van der Waals surface area contributed by atoms with E-state index in [1.54, 1.807) is 60.9 Å². The van der Waals surface area contributed by atoms with Crippen molar-refractivity contribution in [2.45, 2.75) is 12.8 Å². The third-order valence-electron chi connectivity index (χ3n) is 4.54. The Balaban J connectivity index is 1.50. The van der Waals surface area contributed by atoms with E-state index >= 15 is 0 Å². The van der Waals surface area contributed by atoms with Crippen LogP contribution >= 0.6 is 0 Å². The molecule has 140 valence electrons. The molecule has 0 aliphatic carbocycles. The number of pyridine rings is 1. The normalized spacial score (nSPS) is 14.9. The minimum atomic E-state index is -0.148. The molecular weight excluding hydrogens is 344 g/mol. The lowest BCUT2D eigenvalue weighted by Crippen LogP contribution is -2.42. The molecular formula is C20H22N4O3. The molecule has 7 heteroatoms. The van der Waals surface area contributed by atoms with Crippen LogP contribution in [0.4, 0.5) is 0 Å². The van der Waals surface area contributed by atoms with Gasteiger partial charge in [0.05, 0.1) is 13.3 Å². The Kier molecular flexibility index (Phi) is 6.14. The van der Waals surface area contributed by atoms with Crippen molar-refractivity contribution in [3.05, 3.63) is 59.9 Å². The Morgan fingerprint density at radius 2 is 2.07 bits per heavy atom. The van der Waals surface area contributed by atoms with Gasteiger partial charge in [0.15, 0.2) is 0 Å². The molecule has 1 saturated heterocycles. The first-order valence-corrected chi connectivity index (χ1v) is 8.83. The lowest BCUT2D eigenvalue weighted by molar-refractivity contribution is -0.126. The zero-order valence-corrected chi connectivity index (χ0v) is 15.2. The molecule has 27 heavy (non-hydrogen) atoms. The van der Waals surface area contributed by atoms with Crippen LogP contribution in [0.25, 0.3) is 0 Å². The molecule has 1 aliphatic heterocycles. The van der Waals surface area contributed by atoms with Crippen molar-refractivity contribution in [2.75, 3.05) is 20.2 Å². The van der Waals surface area contributed by atoms with Crippen LogP contribution in [0.15, 0.2) is 53.9 Å². The minimum Gasteiger partial charge on any atom is -0.497 e. The first-order valence-electron chi connectivity index (χ1n) is 8.83. The van der Waals surface area contributed by atoms with Gasteiger partial charge in [0.2, 0.25) is 5.91 Å². The van der Waals surface area contributed by atoms with Gasteiger partial charge in [0, 0.05) is 42.5 Å². The zero-order chi connectivity index (χ0) is 19.1. The summed E-state index contributed by atoms with van der Waals surface area (Å²) in [5, 5.41) is 3.98. The SMILES string of the molecule is COc1cccc(C(=O)N2CCC(C(=O)NN=Cc3cccnc3)CC2)c1. The number of hydrogen-bond acceptors (Lipinski definition) is 5. The maximum atomic E-state index is 12.6. The fourth-order valence-electron chi connectivity index (χ4n) is 3.00. The van der Waals surface area contributed by atoms with Crippen molar-refractivity contribution in [1.29, 1.82) is 0 Å². The number of carbonyl (C=O) groups is 2. The maximum absolute atomic E-state index is 12.6. The van der Waals surface area contributed by atoms with Crippen LogP contribution in [-0.4, -0.2) is 48.1 Å². The molecule has 2 heterocycles. The van der Waals surface area contributed by atoms with E-state index in [0.717, 1.165) is 5.56 Å². The molecule has 2 aromatic rings. The van der Waals surface area contributed by atoms with Crippen molar-refractivity contribution in [1.82, 2.24) is 15.3 Å². The number of hydrogen-bond donors (Lipinski definition) is 1. The molecule has 1 N–H and O–H groups in total. The number of nitrogens with zero attached hydrogens (tertiary/aromatic N) is 3. The first kappa shape index (κ1) is 18.6. The topological polar surface area (TPSA) is 83.9 Å². The van der Waals surface area contributed by atoms with E-state index in [1.807, 2.05) is 6.07 Å². The Morgan fingerprint density at radius 1 is 1.26 bits per heavy atom. The van der Waals surface area contributed by atoms with Crippen molar-refractivity contribution < 1.29 is 14.3 Å². The Bertz CT molecular complexity index is 815. The molecule has 7 nitrogen and oxygen atoms in total. The molecule has 0 saturated carbocycles. The van der Waals surface area contributed by atoms with Gasteiger partial charge in [0.25, 0.3) is 5.91 Å². The van der Waals surface area contributed by atoms with E-state index < -0.39 is 0 Å². The second kappa shape index (κ2) is 8.93. The Labute approximate surface area is 158 Å². The van der Waals surface area contributed by atoms with E-state index in [1.165, 1.54) is 0 Å². The molecule has 0 unspecified atom stereocenters. The monoisotopic (exact) mass is 366 g/mol. The number of ether oxygens (including phenoxy) is 1. The van der Waals surface area contributed by atoms with E-state index in [-0.39, 0.29) is 17.7 Å². The van der Waals surface area contributed by atoms with Crippen LogP contribution < -0.4 is 10.2 Å². The third kappa shape index (κ3) is 4.91. The standard InChI is InChI=1S/C20H22N4O3/c1-27-18-6-2-5-17(12-18)20(26)24-10-7-16(8-11-24)19(25)23-22-14-15-4-3-9-21-13-15/h2-6,9,12-14,16H,7-8,10-11H2,1H3,(H,23,25). The van der Waals surface area contributed by atoms with Crippen LogP contribution in [0.5, 0.6) is 5.75 Å². The number of hydrazone groups is 1. The molecule has 0 spiro atoms. The number of methoxy groups -OCH3 is 1. The molecule has 3 rings (SSSR count). The lowest BCUT2D eigenvalue weighted by Gasteiger charge is -2.31. The first-order chi connectivity index (χ1) is 13.2. The predicted molar refractivity (Wildman–Crippen MR) is 102 cm³/mol. The molecule has 0 atom stereocenters. The zero-order valence-electron chi connectivity index (χ0n) is 15.2. The van der Waals surface area contributed by atoms with Gasteiger partial charge < -0.3 is 9.64 Å². The average molecular weight is 366 g/mol. The van der Waals surface area contributed by atoms with Crippen molar-refractivity contribution in [3.63, 3.8) is 0 Å². The van der Waals surface area contributed by atoms with E-state index in [4.69, 9.17) is 4.74 Å². The molecule has 1 aromatic heterocycles. The number of piperidine rings is 1. The molecule has 0 radical (unpaired) electrons. The van der Waals surface area contributed by atoms with Crippen LogP contribution in [0.1, 0.15) is 28.8 Å². The summed E-state index contributed by atoms with van der Waals surface area (Å²) < 4.78 is 5.17. The van der Waals surface area contributed by atoms with Crippen LogP contribution in [0.3, 0.4) is 0 Å². The molecule has 1 fully saturated rings. The second-order valence-electron chi connectivity index (χ2n) is 6.32. The van der Waals surface area contributed by atoms with Crippen molar-refractivity contribution in [3.8, 4) is 5.75 Å². The highest BCUT2D eigenvalue weighted by molar-refractivity contribution is 5.94. The minimum absolute atomic E-state index is 0.0395. The fraction of sp³-hybridized carbons (Fsp3) is 0.300. The van der Waals surface area contributed by atoms with Crippen LogP contribution in [0.2, 0.25) is 0 Å². The highest BCUT2D eigenvalue weighted by atomic mass is 16.5. The number of nitrogens with one attached hydrogen (secondary N) is 1. The van der Waals surface area contributed by atoms with Gasteiger partial charge in [0.1, 0.15) is 5.75 Å². The van der Waals surface area contributed by atoms with Gasteiger partial charge in [-0.2, -0.15) is 5.10 Å². The third-order valence-corrected chi connectivity index (χ3v) is 4.54. The number of benzene rings is 1. The lowest BCUT2D eigenvalue weighted by atomic mass is 9.95. The van der Waals surface area contributed by atoms with E-state index in [9.17, 15) is 9.59 Å². The van der Waals surface area contributed by atoms with Crippen LogP contribution in [-0.2, 0) is 4.79 Å². The quantitative estimate of drug-likeness (QED) is 0.649. The average Bonchev–Trinajstić information content (AvgIpc) is 2.74. The fourth-order valence-corrected chi connectivity index (χ4v) is 3.00. The molecule has 0 bridgehead atoms. The Morgan fingerprint density at radius 3 is 2.78 bits per heavy atom. The summed E-state index contributed by atoms with van der Waals surface area (Å²) in [6.07, 6.45) is 6.13. The molecule has 2 amide bonds. The van der Waals surface area contributed by atoms with Gasteiger partial charge >= 0.3 is 0 Å². The maximum Gasteiger partial charge on any atom is 0.253 e. The van der Waals surface area contributed by atoms with E-state index in [2.05, 4.69) is 15.5 Å². The predicted octanol–water partition coefficient (Wildman–Crippen LogP) is 2.09.